The predicted molar refractivity (Wildman–Crippen MR) is 78.5 cm³/mol. The summed E-state index contributed by atoms with van der Waals surface area (Å²) in [5, 5.41) is 8.05. The van der Waals surface area contributed by atoms with Crippen LogP contribution in [0.4, 0.5) is 0 Å². The van der Waals surface area contributed by atoms with Crippen molar-refractivity contribution in [2.75, 3.05) is 13.1 Å². The first-order valence-corrected chi connectivity index (χ1v) is 7.45. The van der Waals surface area contributed by atoms with E-state index in [1.54, 1.807) is 0 Å². The number of aromatic nitrogens is 2. The zero-order valence-corrected chi connectivity index (χ0v) is 12.4. The fourth-order valence-electron chi connectivity index (χ4n) is 2.90. The summed E-state index contributed by atoms with van der Waals surface area (Å²) in [6, 6.07) is 2.16. The molecular weight excluding hydrogens is 252 g/mol. The maximum atomic E-state index is 12.8. The topological polar surface area (TPSA) is 72.1 Å². The molecule has 0 bridgehead atoms. The molecule has 1 aliphatic carbocycles. The zero-order valence-electron chi connectivity index (χ0n) is 12.4. The lowest BCUT2D eigenvalue weighted by atomic mass is 9.93. The Labute approximate surface area is 120 Å². The van der Waals surface area contributed by atoms with E-state index >= 15 is 0 Å². The van der Waals surface area contributed by atoms with E-state index in [4.69, 9.17) is 5.73 Å². The van der Waals surface area contributed by atoms with Crippen LogP contribution in [0.5, 0.6) is 0 Å². The number of hydrogen-bond donors (Lipinski definition) is 1. The lowest BCUT2D eigenvalue weighted by Gasteiger charge is -2.34. The van der Waals surface area contributed by atoms with Gasteiger partial charge in [0.05, 0.1) is 17.0 Å². The van der Waals surface area contributed by atoms with Gasteiger partial charge in [-0.05, 0) is 32.8 Å². The van der Waals surface area contributed by atoms with Crippen LogP contribution in [0, 0.1) is 13.8 Å². The van der Waals surface area contributed by atoms with Crippen molar-refractivity contribution in [3.05, 3.63) is 23.0 Å². The molecule has 0 aromatic carbocycles. The minimum absolute atomic E-state index is 0.0536. The normalized spacial score (nSPS) is 16.1. The van der Waals surface area contributed by atoms with Gasteiger partial charge in [0.25, 0.3) is 5.91 Å². The molecule has 1 fully saturated rings. The van der Waals surface area contributed by atoms with Crippen molar-refractivity contribution in [1.29, 1.82) is 0 Å². The van der Waals surface area contributed by atoms with E-state index in [-0.39, 0.29) is 5.91 Å². The Bertz CT molecular complexity index is 469. The van der Waals surface area contributed by atoms with E-state index < -0.39 is 0 Å². The first-order valence-electron chi connectivity index (χ1n) is 7.45. The summed E-state index contributed by atoms with van der Waals surface area (Å²) >= 11 is 0. The molecule has 2 N–H and O–H groups in total. The Kier molecular flexibility index (Phi) is 5.06. The second-order valence-corrected chi connectivity index (χ2v) is 5.56. The van der Waals surface area contributed by atoms with E-state index in [0.717, 1.165) is 18.5 Å². The van der Waals surface area contributed by atoms with Crippen molar-refractivity contribution in [3.63, 3.8) is 0 Å². The smallest absolute Gasteiger partial charge is 0.256 e. The molecule has 0 radical (unpaired) electrons. The van der Waals surface area contributed by atoms with Crippen molar-refractivity contribution in [1.82, 2.24) is 15.1 Å². The average Bonchev–Trinajstić information content (AvgIpc) is 2.47. The Morgan fingerprint density at radius 3 is 2.65 bits per heavy atom. The molecule has 0 saturated heterocycles. The van der Waals surface area contributed by atoms with Crippen LogP contribution in [0.3, 0.4) is 0 Å². The van der Waals surface area contributed by atoms with Gasteiger partial charge in [-0.15, -0.1) is 0 Å². The molecule has 1 aromatic heterocycles. The molecule has 20 heavy (non-hydrogen) atoms. The Hall–Kier alpha value is -1.49. The van der Waals surface area contributed by atoms with Crippen molar-refractivity contribution < 1.29 is 4.79 Å². The third-order valence-electron chi connectivity index (χ3n) is 3.98. The van der Waals surface area contributed by atoms with Crippen molar-refractivity contribution >= 4 is 5.91 Å². The number of nitrogens with two attached hydrogens (primary N) is 1. The molecule has 5 nitrogen and oxygen atoms in total. The third kappa shape index (κ3) is 3.33. The van der Waals surface area contributed by atoms with E-state index in [1.807, 2.05) is 24.8 Å². The van der Waals surface area contributed by atoms with Crippen LogP contribution in [-0.2, 0) is 0 Å². The summed E-state index contributed by atoms with van der Waals surface area (Å²) in [5.41, 5.74) is 7.83. The highest BCUT2D eigenvalue weighted by Crippen LogP contribution is 2.24. The zero-order chi connectivity index (χ0) is 14.5. The van der Waals surface area contributed by atoms with E-state index in [2.05, 4.69) is 10.2 Å². The fourth-order valence-corrected chi connectivity index (χ4v) is 2.90. The lowest BCUT2D eigenvalue weighted by molar-refractivity contribution is 0.0640. The van der Waals surface area contributed by atoms with Gasteiger partial charge in [-0.3, -0.25) is 4.79 Å². The molecule has 5 heteroatoms. The van der Waals surface area contributed by atoms with Crippen LogP contribution in [0.1, 0.15) is 53.8 Å². The molecular formula is C15H24N4O. The van der Waals surface area contributed by atoms with Gasteiger partial charge in [0.1, 0.15) is 0 Å². The molecule has 1 saturated carbocycles. The minimum atomic E-state index is 0.0536. The molecule has 1 amide bonds. The number of rotatable bonds is 4. The molecule has 2 rings (SSSR count). The Morgan fingerprint density at radius 1 is 1.30 bits per heavy atom. The average molecular weight is 276 g/mol. The molecule has 110 valence electrons. The summed E-state index contributed by atoms with van der Waals surface area (Å²) < 4.78 is 0. The predicted octanol–water partition coefficient (Wildman–Crippen LogP) is 1.83. The Balaban J connectivity index is 2.23. The number of aryl methyl sites for hydroxylation is 2. The number of carbonyl (C=O) groups excluding carboxylic acids is 1. The van der Waals surface area contributed by atoms with Crippen molar-refractivity contribution in [2.24, 2.45) is 5.73 Å². The number of hydrogen-bond acceptors (Lipinski definition) is 4. The SMILES string of the molecule is Cc1cc(C(=O)N(CCN)C2CCCCC2)c(C)nn1. The monoisotopic (exact) mass is 276 g/mol. The van der Waals surface area contributed by atoms with E-state index in [1.165, 1.54) is 19.3 Å². The molecule has 0 aliphatic heterocycles. The van der Waals surface area contributed by atoms with Crippen LogP contribution < -0.4 is 5.73 Å². The number of carbonyl (C=O) groups is 1. The van der Waals surface area contributed by atoms with Crippen molar-refractivity contribution in [3.8, 4) is 0 Å². The highest BCUT2D eigenvalue weighted by molar-refractivity contribution is 5.95. The summed E-state index contributed by atoms with van der Waals surface area (Å²) in [6.07, 6.45) is 5.85. The molecule has 0 unspecified atom stereocenters. The van der Waals surface area contributed by atoms with Crippen molar-refractivity contribution in [2.45, 2.75) is 52.0 Å². The highest BCUT2D eigenvalue weighted by Gasteiger charge is 2.27. The third-order valence-corrected chi connectivity index (χ3v) is 3.98. The molecule has 0 atom stereocenters. The lowest BCUT2D eigenvalue weighted by Crippen LogP contribution is -2.44. The van der Waals surface area contributed by atoms with Gasteiger partial charge in [-0.25, -0.2) is 0 Å². The van der Waals surface area contributed by atoms with Crippen LogP contribution >= 0.6 is 0 Å². The van der Waals surface area contributed by atoms with Crippen LogP contribution in [0.15, 0.2) is 6.07 Å². The highest BCUT2D eigenvalue weighted by atomic mass is 16.2. The van der Waals surface area contributed by atoms with Crippen LogP contribution in [0.2, 0.25) is 0 Å². The standard InChI is InChI=1S/C15H24N4O/c1-11-10-14(12(2)18-17-11)15(20)19(9-8-16)13-6-4-3-5-7-13/h10,13H,3-9,16H2,1-2H3. The summed E-state index contributed by atoms with van der Waals surface area (Å²) in [6.45, 7) is 4.81. The number of amides is 1. The summed E-state index contributed by atoms with van der Waals surface area (Å²) in [4.78, 5) is 14.8. The van der Waals surface area contributed by atoms with Crippen LogP contribution in [0.25, 0.3) is 0 Å². The van der Waals surface area contributed by atoms with Gasteiger partial charge < -0.3 is 10.6 Å². The first kappa shape index (κ1) is 14.9. The van der Waals surface area contributed by atoms with Gasteiger partial charge in [-0.2, -0.15) is 10.2 Å². The second-order valence-electron chi connectivity index (χ2n) is 5.56. The maximum absolute atomic E-state index is 12.8. The van der Waals surface area contributed by atoms with Gasteiger partial charge in [0.15, 0.2) is 0 Å². The second kappa shape index (κ2) is 6.79. The molecule has 1 heterocycles. The van der Waals surface area contributed by atoms with Gasteiger partial charge in [0, 0.05) is 19.1 Å². The van der Waals surface area contributed by atoms with Crippen LogP contribution in [-0.4, -0.2) is 40.1 Å². The quantitative estimate of drug-likeness (QED) is 0.910. The summed E-state index contributed by atoms with van der Waals surface area (Å²) in [5.74, 6) is 0.0536. The van der Waals surface area contributed by atoms with Gasteiger partial charge >= 0.3 is 0 Å². The van der Waals surface area contributed by atoms with E-state index in [9.17, 15) is 4.79 Å². The van der Waals surface area contributed by atoms with E-state index in [0.29, 0.717) is 30.4 Å². The van der Waals surface area contributed by atoms with Gasteiger partial charge in [-0.1, -0.05) is 19.3 Å². The fraction of sp³-hybridized carbons (Fsp3) is 0.667. The molecule has 1 aromatic rings. The number of nitrogens with zero attached hydrogens (tertiary/aromatic N) is 3. The summed E-state index contributed by atoms with van der Waals surface area (Å²) in [7, 11) is 0. The van der Waals surface area contributed by atoms with Gasteiger partial charge in [0.2, 0.25) is 0 Å². The maximum Gasteiger partial charge on any atom is 0.256 e. The largest absolute Gasteiger partial charge is 0.334 e. The molecule has 1 aliphatic rings. The Morgan fingerprint density at radius 2 is 2.00 bits per heavy atom. The minimum Gasteiger partial charge on any atom is -0.334 e. The molecule has 0 spiro atoms. The first-order chi connectivity index (χ1) is 9.63.